The number of carbonyl (C=O) groups is 3. The standard InChI is InChI=1S/C58H95NO7/c1-6-8-10-12-14-16-18-20-22-24-26-27-28-29-31-32-34-36-38-40-42-44-46-48-56(60)65-53-54(52-64-51-50-55(58(62)63)59(3,4)5)66-57(61)49-47-45-43-41-39-37-35-33-30-25-23-21-19-17-15-13-11-9-7-2/h8-11,14-17,20-23,26-27,30,33,37,39,54-55H,6-7,12-13,18-19,24-25,28-29,31-32,34-36,38,40-53H2,1-5H3/p+1/b10-8+,11-9+,16-14+,17-15+,22-20+,23-21+,27-26+,33-30+,39-37+. The van der Waals surface area contributed by atoms with Gasteiger partial charge >= 0.3 is 17.9 Å². The molecule has 1 N–H and O–H groups in total. The van der Waals surface area contributed by atoms with E-state index in [1.165, 1.54) is 51.4 Å². The van der Waals surface area contributed by atoms with E-state index in [4.69, 9.17) is 14.2 Å². The van der Waals surface area contributed by atoms with Gasteiger partial charge in [0.15, 0.2) is 12.1 Å². The first-order valence-electron chi connectivity index (χ1n) is 25.9. The number of carbonyl (C=O) groups excluding carboxylic acids is 2. The average Bonchev–Trinajstić information content (AvgIpc) is 3.28. The van der Waals surface area contributed by atoms with Crippen LogP contribution in [0.4, 0.5) is 0 Å². The molecule has 0 aliphatic carbocycles. The zero-order chi connectivity index (χ0) is 48.4. The Morgan fingerprint density at radius 1 is 0.455 bits per heavy atom. The van der Waals surface area contributed by atoms with Gasteiger partial charge in [-0.25, -0.2) is 4.79 Å². The lowest BCUT2D eigenvalue weighted by molar-refractivity contribution is -0.887. The molecule has 0 aliphatic rings. The second kappa shape index (κ2) is 47.5. The van der Waals surface area contributed by atoms with Crippen LogP contribution in [0.1, 0.15) is 187 Å². The summed E-state index contributed by atoms with van der Waals surface area (Å²) in [5.41, 5.74) is 0. The van der Waals surface area contributed by atoms with Gasteiger partial charge in [0.1, 0.15) is 6.61 Å². The summed E-state index contributed by atoms with van der Waals surface area (Å²) in [4.78, 5) is 37.2. The number of hydrogen-bond acceptors (Lipinski definition) is 6. The molecule has 0 bridgehead atoms. The summed E-state index contributed by atoms with van der Waals surface area (Å²) < 4.78 is 17.3. The van der Waals surface area contributed by atoms with Crippen molar-refractivity contribution in [2.75, 3.05) is 41.0 Å². The lowest BCUT2D eigenvalue weighted by Gasteiger charge is -2.31. The number of esters is 2. The van der Waals surface area contributed by atoms with Crippen molar-refractivity contribution in [2.45, 2.75) is 199 Å². The van der Waals surface area contributed by atoms with Crippen molar-refractivity contribution in [3.8, 4) is 0 Å². The fraction of sp³-hybridized carbons (Fsp3) is 0.638. The molecule has 0 heterocycles. The Balaban J connectivity index is 4.31. The number of rotatable bonds is 45. The van der Waals surface area contributed by atoms with Crippen LogP contribution in [0.25, 0.3) is 0 Å². The van der Waals surface area contributed by atoms with E-state index >= 15 is 0 Å². The van der Waals surface area contributed by atoms with E-state index in [0.717, 1.165) is 96.3 Å². The number of unbranched alkanes of at least 4 members (excludes halogenated alkanes) is 13. The second-order valence-corrected chi connectivity index (χ2v) is 18.0. The molecule has 0 aromatic rings. The lowest BCUT2D eigenvalue weighted by Crippen LogP contribution is -2.50. The van der Waals surface area contributed by atoms with Gasteiger partial charge in [0.25, 0.3) is 0 Å². The van der Waals surface area contributed by atoms with Crippen molar-refractivity contribution in [3.05, 3.63) is 109 Å². The molecule has 2 atom stereocenters. The third kappa shape index (κ3) is 45.2. The molecule has 0 aliphatic heterocycles. The summed E-state index contributed by atoms with van der Waals surface area (Å²) in [5, 5.41) is 9.66. The number of hydrogen-bond donors (Lipinski definition) is 1. The van der Waals surface area contributed by atoms with E-state index in [-0.39, 0.29) is 42.7 Å². The van der Waals surface area contributed by atoms with Gasteiger partial charge in [-0.2, -0.15) is 0 Å². The molecule has 2 unspecified atom stereocenters. The monoisotopic (exact) mass is 919 g/mol. The summed E-state index contributed by atoms with van der Waals surface area (Å²) in [6, 6.07) is -0.629. The third-order valence-electron chi connectivity index (χ3n) is 10.9. The average molecular weight is 919 g/mol. The van der Waals surface area contributed by atoms with Gasteiger partial charge in [-0.15, -0.1) is 0 Å². The van der Waals surface area contributed by atoms with Crippen molar-refractivity contribution >= 4 is 17.9 Å². The number of nitrogens with zero attached hydrogens (tertiary/aromatic N) is 1. The fourth-order valence-corrected chi connectivity index (χ4v) is 6.99. The van der Waals surface area contributed by atoms with Crippen LogP contribution in [0.3, 0.4) is 0 Å². The summed E-state index contributed by atoms with van der Waals surface area (Å²) in [6.07, 6.45) is 65.7. The van der Waals surface area contributed by atoms with E-state index in [1.54, 1.807) is 0 Å². The fourth-order valence-electron chi connectivity index (χ4n) is 6.99. The molecule has 0 fully saturated rings. The second-order valence-electron chi connectivity index (χ2n) is 18.0. The van der Waals surface area contributed by atoms with Crippen molar-refractivity contribution in [1.29, 1.82) is 0 Å². The largest absolute Gasteiger partial charge is 0.477 e. The molecule has 0 spiro atoms. The molecule has 66 heavy (non-hydrogen) atoms. The number of allylic oxidation sites excluding steroid dienone is 18. The van der Waals surface area contributed by atoms with Crippen LogP contribution in [0.2, 0.25) is 0 Å². The number of likely N-dealkylation sites (N-methyl/N-ethyl adjacent to an activating group) is 1. The third-order valence-corrected chi connectivity index (χ3v) is 10.9. The highest BCUT2D eigenvalue weighted by Crippen LogP contribution is 2.14. The van der Waals surface area contributed by atoms with Crippen LogP contribution in [0.15, 0.2) is 109 Å². The van der Waals surface area contributed by atoms with Gasteiger partial charge in [-0.05, 0) is 96.3 Å². The minimum absolute atomic E-state index is 0.0395. The first-order chi connectivity index (χ1) is 32.1. The predicted octanol–water partition coefficient (Wildman–Crippen LogP) is 15.2. The number of aliphatic carboxylic acids is 1. The molecule has 374 valence electrons. The van der Waals surface area contributed by atoms with E-state index < -0.39 is 18.1 Å². The Hall–Kier alpha value is -4.01. The van der Waals surface area contributed by atoms with Crippen LogP contribution >= 0.6 is 0 Å². The summed E-state index contributed by atoms with van der Waals surface area (Å²) in [6.45, 7) is 4.46. The van der Waals surface area contributed by atoms with E-state index in [1.807, 2.05) is 21.1 Å². The van der Waals surface area contributed by atoms with Crippen molar-refractivity contribution in [2.24, 2.45) is 0 Å². The molecule has 0 radical (unpaired) electrons. The van der Waals surface area contributed by atoms with Crippen LogP contribution in [0, 0.1) is 0 Å². The van der Waals surface area contributed by atoms with Crippen LogP contribution in [-0.4, -0.2) is 80.6 Å². The van der Waals surface area contributed by atoms with Crippen LogP contribution in [0.5, 0.6) is 0 Å². The first-order valence-corrected chi connectivity index (χ1v) is 25.9. The van der Waals surface area contributed by atoms with E-state index in [9.17, 15) is 19.5 Å². The molecule has 0 saturated carbocycles. The minimum atomic E-state index is -0.885. The number of ether oxygens (including phenoxy) is 3. The maximum absolute atomic E-state index is 12.8. The lowest BCUT2D eigenvalue weighted by atomic mass is 10.1. The Morgan fingerprint density at radius 2 is 0.803 bits per heavy atom. The Bertz CT molecular complexity index is 1440. The number of quaternary nitrogens is 1. The maximum Gasteiger partial charge on any atom is 0.362 e. The summed E-state index contributed by atoms with van der Waals surface area (Å²) in [7, 11) is 5.51. The smallest absolute Gasteiger partial charge is 0.362 e. The summed E-state index contributed by atoms with van der Waals surface area (Å²) in [5.74, 6) is -1.53. The molecule has 0 saturated heterocycles. The predicted molar refractivity (Wildman–Crippen MR) is 279 cm³/mol. The zero-order valence-electron chi connectivity index (χ0n) is 42.6. The van der Waals surface area contributed by atoms with Gasteiger partial charge < -0.3 is 23.8 Å². The van der Waals surface area contributed by atoms with Crippen LogP contribution in [-0.2, 0) is 28.6 Å². The van der Waals surface area contributed by atoms with E-state index in [0.29, 0.717) is 19.3 Å². The van der Waals surface area contributed by atoms with E-state index in [2.05, 4.69) is 123 Å². The van der Waals surface area contributed by atoms with Gasteiger partial charge in [0.05, 0.1) is 34.4 Å². The normalized spacial score (nSPS) is 13.8. The molecular weight excluding hydrogens is 823 g/mol. The number of carboxylic acid groups (broad SMARTS) is 1. The van der Waals surface area contributed by atoms with Gasteiger partial charge in [0, 0.05) is 19.3 Å². The topological polar surface area (TPSA) is 99.1 Å². The quantitative estimate of drug-likeness (QED) is 0.0281. The van der Waals surface area contributed by atoms with Crippen molar-refractivity contribution in [3.63, 3.8) is 0 Å². The Kier molecular flexibility index (Phi) is 44.6. The van der Waals surface area contributed by atoms with Gasteiger partial charge in [-0.1, -0.05) is 181 Å². The Labute approximate surface area is 404 Å². The zero-order valence-corrected chi connectivity index (χ0v) is 42.6. The molecule has 8 heteroatoms. The molecule has 8 nitrogen and oxygen atoms in total. The number of carboxylic acids is 1. The highest BCUT2D eigenvalue weighted by atomic mass is 16.6. The first kappa shape index (κ1) is 62.0. The van der Waals surface area contributed by atoms with Crippen molar-refractivity contribution < 1.29 is 38.2 Å². The Morgan fingerprint density at radius 3 is 1.20 bits per heavy atom. The highest BCUT2D eigenvalue weighted by molar-refractivity contribution is 5.72. The molecule has 0 amide bonds. The summed E-state index contributed by atoms with van der Waals surface area (Å²) >= 11 is 0. The molecule has 0 aromatic carbocycles. The van der Waals surface area contributed by atoms with Crippen LogP contribution < -0.4 is 0 Å². The maximum atomic E-state index is 12.8. The van der Waals surface area contributed by atoms with Crippen molar-refractivity contribution in [1.82, 2.24) is 0 Å². The highest BCUT2D eigenvalue weighted by Gasteiger charge is 2.31. The molecular formula is C58H96NO7+. The molecule has 0 aromatic heterocycles. The molecule has 0 rings (SSSR count). The minimum Gasteiger partial charge on any atom is -0.477 e. The SMILES string of the molecule is CC/C=C/C/C=C/C/C=C/C/C=C/C/C=C/CCCCCC(=O)OC(COCCC(C(=O)O)[N+](C)(C)C)COC(=O)CCCCCCCCCCCC/C=C/C/C=C/C/C=C/C/C=C/CC. The van der Waals surface area contributed by atoms with Gasteiger partial charge in [0.2, 0.25) is 0 Å². The van der Waals surface area contributed by atoms with Gasteiger partial charge in [-0.3, -0.25) is 9.59 Å².